The molecular formula is C63H46N2S2. The SMILES string of the molecule is C=C/C=C(\C=C)N(c1ccc(-c2ccccc2)cc1)c1ccc(-c2ccc(-c3ccc(-n4c5c6c(ccc5c5ccc7c(c54)C(C)(C)c4ccccc4-7)Sc4ccccc4S6)cc3)cc2)cc1. The molecule has 0 saturated heterocycles. The van der Waals surface area contributed by atoms with Gasteiger partial charge in [0, 0.05) is 53.6 Å². The van der Waals surface area contributed by atoms with Gasteiger partial charge in [-0.15, -0.1) is 0 Å². The standard InChI is InChI=1S/C63H46N2S2/c1-5-14-47(6-2)64(48-31-25-44(26-32-48)41-15-8-7-9-16-41)49-33-27-45(28-34-49)42-21-23-43(24-22-42)46-29-35-50(36-30-46)65-60-53(38-37-52-51-17-10-11-18-55(51)63(3,4)59(52)60)54-39-40-58-62(61(54)65)67-57-20-13-12-19-56(57)66-58/h5-40H,1-2H2,3-4H3/b47-14+. The van der Waals surface area contributed by atoms with Gasteiger partial charge in [-0.25, -0.2) is 0 Å². The van der Waals surface area contributed by atoms with E-state index in [2.05, 4.69) is 231 Å². The summed E-state index contributed by atoms with van der Waals surface area (Å²) in [7, 11) is 0. The Labute approximate surface area is 401 Å². The van der Waals surface area contributed by atoms with Crippen molar-refractivity contribution < 1.29 is 0 Å². The van der Waals surface area contributed by atoms with E-state index in [0.717, 1.165) is 22.6 Å². The Kier molecular flexibility index (Phi) is 10.0. The summed E-state index contributed by atoms with van der Waals surface area (Å²) in [5.41, 5.74) is 19.2. The molecule has 10 aromatic rings. The lowest BCUT2D eigenvalue weighted by atomic mass is 9.81. The Morgan fingerprint density at radius 1 is 0.478 bits per heavy atom. The van der Waals surface area contributed by atoms with Crippen molar-refractivity contribution in [2.75, 3.05) is 4.90 Å². The van der Waals surface area contributed by atoms with Crippen molar-refractivity contribution in [1.82, 2.24) is 4.57 Å². The first kappa shape index (κ1) is 41.0. The van der Waals surface area contributed by atoms with E-state index in [0.29, 0.717) is 0 Å². The lowest BCUT2D eigenvalue weighted by molar-refractivity contribution is 0.664. The second-order valence-corrected chi connectivity index (χ2v) is 19.9. The summed E-state index contributed by atoms with van der Waals surface area (Å²) >= 11 is 3.79. The van der Waals surface area contributed by atoms with Crippen LogP contribution in [-0.2, 0) is 5.41 Å². The summed E-state index contributed by atoms with van der Waals surface area (Å²) in [6, 6.07) is 73.4. The van der Waals surface area contributed by atoms with Gasteiger partial charge in [-0.05, 0) is 122 Å². The van der Waals surface area contributed by atoms with Crippen LogP contribution in [0.2, 0.25) is 0 Å². The number of rotatable bonds is 9. The van der Waals surface area contributed by atoms with E-state index >= 15 is 0 Å². The zero-order valence-electron chi connectivity index (χ0n) is 37.4. The number of hydrogen-bond donors (Lipinski definition) is 0. The molecule has 0 spiro atoms. The minimum atomic E-state index is -0.167. The van der Waals surface area contributed by atoms with Gasteiger partial charge in [0.2, 0.25) is 0 Å². The molecule has 67 heavy (non-hydrogen) atoms. The maximum absolute atomic E-state index is 4.14. The van der Waals surface area contributed by atoms with Crippen LogP contribution in [-0.4, -0.2) is 4.57 Å². The third-order valence-corrected chi connectivity index (χ3v) is 16.2. The molecule has 12 rings (SSSR count). The van der Waals surface area contributed by atoms with Crippen molar-refractivity contribution in [2.24, 2.45) is 0 Å². The predicted octanol–water partition coefficient (Wildman–Crippen LogP) is 18.1. The predicted molar refractivity (Wildman–Crippen MR) is 286 cm³/mol. The zero-order valence-corrected chi connectivity index (χ0v) is 39.0. The maximum Gasteiger partial charge on any atom is 0.0692 e. The zero-order chi connectivity index (χ0) is 45.2. The largest absolute Gasteiger partial charge is 0.311 e. The Hall–Kier alpha value is -7.50. The fraction of sp³-hybridized carbons (Fsp3) is 0.0476. The quantitative estimate of drug-likeness (QED) is 0.134. The van der Waals surface area contributed by atoms with Gasteiger partial charge >= 0.3 is 0 Å². The number of aromatic nitrogens is 1. The molecule has 0 fully saturated rings. The second kappa shape index (κ2) is 16.4. The topological polar surface area (TPSA) is 8.17 Å². The smallest absolute Gasteiger partial charge is 0.0692 e. The van der Waals surface area contributed by atoms with Gasteiger partial charge in [-0.1, -0.05) is 202 Å². The van der Waals surface area contributed by atoms with E-state index in [1.807, 2.05) is 47.8 Å². The number of nitrogens with zero attached hydrogens (tertiary/aromatic N) is 2. The average molecular weight is 895 g/mol. The molecule has 1 aliphatic carbocycles. The van der Waals surface area contributed by atoms with Gasteiger partial charge < -0.3 is 9.47 Å². The van der Waals surface area contributed by atoms with Crippen LogP contribution in [0.4, 0.5) is 11.4 Å². The molecular weight excluding hydrogens is 849 g/mol. The van der Waals surface area contributed by atoms with Crippen LogP contribution in [0.25, 0.3) is 72.0 Å². The highest BCUT2D eigenvalue weighted by molar-refractivity contribution is 8.05. The van der Waals surface area contributed by atoms with Crippen LogP contribution in [0.1, 0.15) is 25.0 Å². The summed E-state index contributed by atoms with van der Waals surface area (Å²) < 4.78 is 2.58. The number of benzene rings is 9. The van der Waals surface area contributed by atoms with Crippen molar-refractivity contribution in [3.63, 3.8) is 0 Å². The van der Waals surface area contributed by atoms with Gasteiger partial charge in [0.05, 0.1) is 15.9 Å². The molecule has 0 unspecified atom stereocenters. The summed E-state index contributed by atoms with van der Waals surface area (Å²) in [6.45, 7) is 12.9. The molecule has 320 valence electrons. The third-order valence-electron chi connectivity index (χ3n) is 13.6. The Morgan fingerprint density at radius 3 is 1.60 bits per heavy atom. The molecule has 2 aliphatic rings. The fourth-order valence-corrected chi connectivity index (χ4v) is 12.8. The van der Waals surface area contributed by atoms with E-state index < -0.39 is 0 Å². The summed E-state index contributed by atoms with van der Waals surface area (Å²) in [6.07, 6.45) is 5.69. The number of fused-ring (bicyclic) bond motifs is 10. The van der Waals surface area contributed by atoms with Crippen LogP contribution in [0.5, 0.6) is 0 Å². The van der Waals surface area contributed by atoms with Gasteiger partial charge in [-0.3, -0.25) is 0 Å². The van der Waals surface area contributed by atoms with Gasteiger partial charge in [0.15, 0.2) is 0 Å². The molecule has 1 aromatic heterocycles. The molecule has 4 heteroatoms. The molecule has 0 amide bonds. The highest BCUT2D eigenvalue weighted by atomic mass is 32.2. The van der Waals surface area contributed by atoms with Crippen molar-refractivity contribution in [2.45, 2.75) is 38.8 Å². The fourth-order valence-electron chi connectivity index (χ4n) is 10.4. The monoisotopic (exact) mass is 894 g/mol. The lowest BCUT2D eigenvalue weighted by Gasteiger charge is -2.26. The average Bonchev–Trinajstić information content (AvgIpc) is 3.84. The highest BCUT2D eigenvalue weighted by Crippen LogP contribution is 2.56. The van der Waals surface area contributed by atoms with E-state index in [9.17, 15) is 0 Å². The van der Waals surface area contributed by atoms with Crippen LogP contribution < -0.4 is 4.90 Å². The normalized spacial score (nSPS) is 13.4. The van der Waals surface area contributed by atoms with E-state index in [-0.39, 0.29) is 5.41 Å². The summed E-state index contributed by atoms with van der Waals surface area (Å²) in [5.74, 6) is 0. The summed E-state index contributed by atoms with van der Waals surface area (Å²) in [5, 5.41) is 2.59. The molecule has 0 atom stereocenters. The summed E-state index contributed by atoms with van der Waals surface area (Å²) in [4.78, 5) is 7.48. The minimum Gasteiger partial charge on any atom is -0.311 e. The van der Waals surface area contributed by atoms with Gasteiger partial charge in [0.25, 0.3) is 0 Å². The Morgan fingerprint density at radius 2 is 0.985 bits per heavy atom. The number of hydrogen-bond acceptors (Lipinski definition) is 3. The molecule has 0 saturated carbocycles. The molecule has 0 radical (unpaired) electrons. The van der Waals surface area contributed by atoms with Gasteiger partial charge in [0.1, 0.15) is 0 Å². The van der Waals surface area contributed by atoms with Crippen LogP contribution >= 0.6 is 23.5 Å². The first-order valence-corrected chi connectivity index (χ1v) is 24.4. The van der Waals surface area contributed by atoms with Crippen LogP contribution in [0.3, 0.4) is 0 Å². The number of allylic oxidation sites excluding steroid dienone is 3. The maximum atomic E-state index is 4.14. The third kappa shape index (κ3) is 6.82. The van der Waals surface area contributed by atoms with E-state index in [1.54, 1.807) is 0 Å². The number of anilines is 2. The van der Waals surface area contributed by atoms with Crippen molar-refractivity contribution in [3.05, 3.63) is 248 Å². The second-order valence-electron chi connectivity index (χ2n) is 17.8. The molecule has 0 bridgehead atoms. The van der Waals surface area contributed by atoms with Gasteiger partial charge in [-0.2, -0.15) is 0 Å². The van der Waals surface area contributed by atoms with Crippen LogP contribution in [0.15, 0.2) is 257 Å². The molecule has 9 aromatic carbocycles. The Balaban J connectivity index is 0.890. The van der Waals surface area contributed by atoms with Crippen molar-refractivity contribution in [3.8, 4) is 50.2 Å². The highest BCUT2D eigenvalue weighted by Gasteiger charge is 2.39. The first-order chi connectivity index (χ1) is 32.9. The molecule has 2 nitrogen and oxygen atoms in total. The molecule has 2 heterocycles. The van der Waals surface area contributed by atoms with E-state index in [1.165, 1.54) is 97.1 Å². The minimum absolute atomic E-state index is 0.167. The van der Waals surface area contributed by atoms with Crippen LogP contribution in [0, 0.1) is 0 Å². The van der Waals surface area contributed by atoms with E-state index in [4.69, 9.17) is 0 Å². The van der Waals surface area contributed by atoms with Crippen molar-refractivity contribution in [1.29, 1.82) is 0 Å². The molecule has 1 aliphatic heterocycles. The van der Waals surface area contributed by atoms with Crippen molar-refractivity contribution >= 4 is 56.7 Å². The molecule has 0 N–H and O–H groups in total. The Bertz CT molecular complexity index is 3600. The first-order valence-electron chi connectivity index (χ1n) is 22.8. The lowest BCUT2D eigenvalue weighted by Crippen LogP contribution is -2.16.